The number of anilines is 1. The molecule has 0 radical (unpaired) electrons. The van der Waals surface area contributed by atoms with Crippen molar-refractivity contribution in [2.75, 3.05) is 11.9 Å². The third-order valence-corrected chi connectivity index (χ3v) is 3.68. The molecule has 2 atom stereocenters. The number of hydrogen-bond donors (Lipinski definition) is 2. The highest BCUT2D eigenvalue weighted by atomic mass is 35.5. The summed E-state index contributed by atoms with van der Waals surface area (Å²) in [5.74, 6) is 0.600. The number of benzene rings is 1. The van der Waals surface area contributed by atoms with Crippen LogP contribution < -0.4 is 10.6 Å². The Morgan fingerprint density at radius 3 is 2.94 bits per heavy atom. The molecule has 0 bridgehead atoms. The van der Waals surface area contributed by atoms with Crippen LogP contribution in [0.15, 0.2) is 18.2 Å². The summed E-state index contributed by atoms with van der Waals surface area (Å²) in [4.78, 5) is 12.1. The molecule has 0 spiro atoms. The summed E-state index contributed by atoms with van der Waals surface area (Å²) in [7, 11) is 0. The van der Waals surface area contributed by atoms with Crippen molar-refractivity contribution in [3.63, 3.8) is 0 Å². The Morgan fingerprint density at radius 1 is 1.50 bits per heavy atom. The highest BCUT2D eigenvalue weighted by Crippen LogP contribution is 2.24. The molecule has 2 rings (SSSR count). The molecular weight excluding hydrogens is 248 g/mol. The fourth-order valence-corrected chi connectivity index (χ4v) is 2.53. The molecule has 18 heavy (non-hydrogen) atoms. The highest BCUT2D eigenvalue weighted by molar-refractivity contribution is 6.33. The lowest BCUT2D eigenvalue weighted by atomic mass is 9.94. The molecule has 2 unspecified atom stereocenters. The molecular formula is C14H19ClN2O. The maximum Gasteiger partial charge on any atom is 0.241 e. The van der Waals surface area contributed by atoms with Gasteiger partial charge in [-0.15, -0.1) is 0 Å². The van der Waals surface area contributed by atoms with Gasteiger partial charge in [-0.3, -0.25) is 4.79 Å². The smallest absolute Gasteiger partial charge is 0.241 e. The van der Waals surface area contributed by atoms with Crippen LogP contribution in [0.5, 0.6) is 0 Å². The van der Waals surface area contributed by atoms with Gasteiger partial charge in [0.2, 0.25) is 5.91 Å². The molecule has 1 fully saturated rings. The molecule has 1 aromatic rings. The maximum absolute atomic E-state index is 12.1. The van der Waals surface area contributed by atoms with Crippen LogP contribution in [-0.4, -0.2) is 18.5 Å². The van der Waals surface area contributed by atoms with Crippen LogP contribution in [0.25, 0.3) is 0 Å². The number of carbonyl (C=O) groups excluding carboxylic acids is 1. The van der Waals surface area contributed by atoms with Crippen molar-refractivity contribution in [2.45, 2.75) is 32.7 Å². The number of carbonyl (C=O) groups is 1. The van der Waals surface area contributed by atoms with Crippen molar-refractivity contribution in [1.82, 2.24) is 5.32 Å². The molecule has 1 aliphatic heterocycles. The van der Waals surface area contributed by atoms with E-state index in [9.17, 15) is 4.79 Å². The second-order valence-corrected chi connectivity index (χ2v) is 5.52. The Balaban J connectivity index is 2.02. The van der Waals surface area contributed by atoms with Gasteiger partial charge < -0.3 is 10.6 Å². The molecule has 0 aliphatic carbocycles. The van der Waals surface area contributed by atoms with E-state index in [1.54, 1.807) is 0 Å². The van der Waals surface area contributed by atoms with Gasteiger partial charge in [-0.25, -0.2) is 0 Å². The van der Waals surface area contributed by atoms with Crippen molar-refractivity contribution in [1.29, 1.82) is 0 Å². The van der Waals surface area contributed by atoms with E-state index in [2.05, 4.69) is 17.6 Å². The number of nitrogens with one attached hydrogen (secondary N) is 2. The summed E-state index contributed by atoms with van der Waals surface area (Å²) in [6, 6.07) is 5.54. The number of aryl methyl sites for hydroxylation is 1. The Hall–Kier alpha value is -1.06. The molecule has 3 nitrogen and oxygen atoms in total. The monoisotopic (exact) mass is 266 g/mol. The predicted molar refractivity (Wildman–Crippen MR) is 75.0 cm³/mol. The van der Waals surface area contributed by atoms with E-state index in [4.69, 9.17) is 11.6 Å². The molecule has 1 aromatic carbocycles. The third kappa shape index (κ3) is 3.24. The minimum Gasteiger partial charge on any atom is -0.323 e. The Morgan fingerprint density at radius 2 is 2.28 bits per heavy atom. The summed E-state index contributed by atoms with van der Waals surface area (Å²) in [6.45, 7) is 5.06. The van der Waals surface area contributed by atoms with Crippen LogP contribution in [0.1, 0.15) is 25.3 Å². The van der Waals surface area contributed by atoms with Crippen LogP contribution >= 0.6 is 11.6 Å². The van der Waals surface area contributed by atoms with Gasteiger partial charge >= 0.3 is 0 Å². The lowest BCUT2D eigenvalue weighted by molar-refractivity contribution is -0.119. The Bertz CT molecular complexity index is 447. The minimum absolute atomic E-state index is 0.00676. The molecule has 1 heterocycles. The second kappa shape index (κ2) is 5.72. The molecule has 2 N–H and O–H groups in total. The van der Waals surface area contributed by atoms with E-state index in [0.29, 0.717) is 16.6 Å². The van der Waals surface area contributed by atoms with E-state index >= 15 is 0 Å². The van der Waals surface area contributed by atoms with Gasteiger partial charge in [-0.1, -0.05) is 24.6 Å². The zero-order chi connectivity index (χ0) is 13.1. The van der Waals surface area contributed by atoms with Gasteiger partial charge in [0.25, 0.3) is 0 Å². The van der Waals surface area contributed by atoms with Crippen molar-refractivity contribution in [2.24, 2.45) is 5.92 Å². The number of halogens is 1. The van der Waals surface area contributed by atoms with Crippen LogP contribution in [-0.2, 0) is 4.79 Å². The first kappa shape index (κ1) is 13.4. The third-order valence-electron chi connectivity index (χ3n) is 3.36. The number of hydrogen-bond acceptors (Lipinski definition) is 2. The van der Waals surface area contributed by atoms with Crippen molar-refractivity contribution < 1.29 is 4.79 Å². The SMILES string of the molecule is Cc1ccc(NC(=O)C2CC(C)CCN2)c(Cl)c1. The molecule has 0 saturated carbocycles. The van der Waals surface area contributed by atoms with Gasteiger partial charge in [-0.2, -0.15) is 0 Å². The lowest BCUT2D eigenvalue weighted by Crippen LogP contribution is -2.45. The summed E-state index contributed by atoms with van der Waals surface area (Å²) in [6.07, 6.45) is 2.02. The quantitative estimate of drug-likeness (QED) is 0.864. The number of piperidine rings is 1. The molecule has 98 valence electrons. The first-order valence-corrected chi connectivity index (χ1v) is 6.74. The van der Waals surface area contributed by atoms with Gasteiger partial charge in [0.15, 0.2) is 0 Å². The van der Waals surface area contributed by atoms with Gasteiger partial charge in [-0.05, 0) is 49.9 Å². The predicted octanol–water partition coefficient (Wildman–Crippen LogP) is 2.98. The standard InChI is InChI=1S/C14H19ClN2O/c1-9-3-4-12(11(15)7-9)17-14(18)13-8-10(2)5-6-16-13/h3-4,7,10,13,16H,5-6,8H2,1-2H3,(H,17,18). The summed E-state index contributed by atoms with van der Waals surface area (Å²) >= 11 is 6.11. The van der Waals surface area contributed by atoms with E-state index in [1.807, 2.05) is 25.1 Å². The van der Waals surface area contributed by atoms with Crippen LogP contribution in [0, 0.1) is 12.8 Å². The van der Waals surface area contributed by atoms with Gasteiger partial charge in [0.1, 0.15) is 0 Å². The van der Waals surface area contributed by atoms with Crippen molar-refractivity contribution >= 4 is 23.2 Å². The first-order chi connectivity index (χ1) is 8.56. The van der Waals surface area contributed by atoms with Crippen molar-refractivity contribution in [3.05, 3.63) is 28.8 Å². The largest absolute Gasteiger partial charge is 0.323 e. The van der Waals surface area contributed by atoms with E-state index in [-0.39, 0.29) is 11.9 Å². The summed E-state index contributed by atoms with van der Waals surface area (Å²) in [5.41, 5.74) is 1.77. The average Bonchev–Trinajstić information content (AvgIpc) is 2.32. The van der Waals surface area contributed by atoms with Gasteiger partial charge in [0, 0.05) is 0 Å². The maximum atomic E-state index is 12.1. The zero-order valence-corrected chi connectivity index (χ0v) is 11.6. The van der Waals surface area contributed by atoms with E-state index in [1.165, 1.54) is 0 Å². The molecule has 1 amide bonds. The minimum atomic E-state index is -0.105. The second-order valence-electron chi connectivity index (χ2n) is 5.11. The van der Waals surface area contributed by atoms with Crippen LogP contribution in [0.3, 0.4) is 0 Å². The first-order valence-electron chi connectivity index (χ1n) is 6.36. The average molecular weight is 267 g/mol. The topological polar surface area (TPSA) is 41.1 Å². The molecule has 4 heteroatoms. The Labute approximate surface area is 113 Å². The summed E-state index contributed by atoms with van der Waals surface area (Å²) < 4.78 is 0. The lowest BCUT2D eigenvalue weighted by Gasteiger charge is -2.27. The van der Waals surface area contributed by atoms with E-state index in [0.717, 1.165) is 24.9 Å². The Kier molecular flexibility index (Phi) is 4.25. The number of rotatable bonds is 2. The molecule has 1 aliphatic rings. The molecule has 0 aromatic heterocycles. The van der Waals surface area contributed by atoms with Gasteiger partial charge in [0.05, 0.1) is 16.8 Å². The normalized spacial score (nSPS) is 23.7. The molecule has 1 saturated heterocycles. The highest BCUT2D eigenvalue weighted by Gasteiger charge is 2.24. The fourth-order valence-electron chi connectivity index (χ4n) is 2.25. The zero-order valence-electron chi connectivity index (χ0n) is 10.8. The van der Waals surface area contributed by atoms with Crippen molar-refractivity contribution in [3.8, 4) is 0 Å². The van der Waals surface area contributed by atoms with Crippen LogP contribution in [0.4, 0.5) is 5.69 Å². The fraction of sp³-hybridized carbons (Fsp3) is 0.500. The number of amides is 1. The van der Waals surface area contributed by atoms with E-state index < -0.39 is 0 Å². The van der Waals surface area contributed by atoms with Crippen LogP contribution in [0.2, 0.25) is 5.02 Å². The summed E-state index contributed by atoms with van der Waals surface area (Å²) in [5, 5.41) is 6.73.